The molecule has 0 bridgehead atoms. The van der Waals surface area contributed by atoms with Gasteiger partial charge in [-0.25, -0.2) is 9.97 Å². The van der Waals surface area contributed by atoms with E-state index in [1.54, 1.807) is 0 Å². The van der Waals surface area contributed by atoms with E-state index in [2.05, 4.69) is 41.3 Å². The zero-order chi connectivity index (χ0) is 19.3. The maximum Gasteiger partial charge on any atom is 0.237 e. The standard InChI is InChI=1S/C20H33N5O/c1-7-24(13-15(2)3)19(26)14-23-8-10-25(11-9-23)18-12-17(6)21-20(22-18)16(4)5/h12,16H,2,7-11,13-14H2,1,3-6H3. The molecule has 0 atom stereocenters. The summed E-state index contributed by atoms with van der Waals surface area (Å²) in [5, 5.41) is 0. The van der Waals surface area contributed by atoms with Crippen molar-refractivity contribution in [2.24, 2.45) is 0 Å². The molecule has 0 aromatic carbocycles. The summed E-state index contributed by atoms with van der Waals surface area (Å²) in [6.45, 7) is 19.5. The Balaban J connectivity index is 1.93. The summed E-state index contributed by atoms with van der Waals surface area (Å²) in [7, 11) is 0. The first-order chi connectivity index (χ1) is 12.3. The van der Waals surface area contributed by atoms with Crippen LogP contribution in [0.5, 0.6) is 0 Å². The molecule has 0 aliphatic carbocycles. The van der Waals surface area contributed by atoms with Gasteiger partial charge in [0, 0.05) is 56.9 Å². The van der Waals surface area contributed by atoms with Crippen LogP contribution >= 0.6 is 0 Å². The first-order valence-electron chi connectivity index (χ1n) is 9.55. The number of piperazine rings is 1. The van der Waals surface area contributed by atoms with Crippen LogP contribution in [0, 0.1) is 6.92 Å². The monoisotopic (exact) mass is 359 g/mol. The van der Waals surface area contributed by atoms with Gasteiger partial charge in [0.25, 0.3) is 0 Å². The number of anilines is 1. The maximum atomic E-state index is 12.5. The molecule has 6 heteroatoms. The van der Waals surface area contributed by atoms with Gasteiger partial charge in [-0.15, -0.1) is 0 Å². The number of nitrogens with zero attached hydrogens (tertiary/aromatic N) is 5. The Morgan fingerprint density at radius 2 is 1.92 bits per heavy atom. The van der Waals surface area contributed by atoms with E-state index >= 15 is 0 Å². The van der Waals surface area contributed by atoms with Crippen LogP contribution in [0.4, 0.5) is 5.82 Å². The van der Waals surface area contributed by atoms with Crippen LogP contribution < -0.4 is 4.90 Å². The molecule has 1 aromatic rings. The number of aromatic nitrogens is 2. The average Bonchev–Trinajstić information content (AvgIpc) is 2.59. The molecular weight excluding hydrogens is 326 g/mol. The molecule has 0 unspecified atom stereocenters. The van der Waals surface area contributed by atoms with Crippen molar-refractivity contribution >= 4 is 11.7 Å². The van der Waals surface area contributed by atoms with Crippen LogP contribution in [0.25, 0.3) is 0 Å². The molecule has 0 spiro atoms. The van der Waals surface area contributed by atoms with Crippen molar-refractivity contribution in [2.75, 3.05) is 50.7 Å². The van der Waals surface area contributed by atoms with Crippen molar-refractivity contribution in [3.8, 4) is 0 Å². The van der Waals surface area contributed by atoms with Crippen LogP contribution in [0.3, 0.4) is 0 Å². The number of amides is 1. The van der Waals surface area contributed by atoms with Gasteiger partial charge in [0.2, 0.25) is 5.91 Å². The molecule has 2 rings (SSSR count). The van der Waals surface area contributed by atoms with Crippen LogP contribution in [0.15, 0.2) is 18.2 Å². The first-order valence-corrected chi connectivity index (χ1v) is 9.55. The smallest absolute Gasteiger partial charge is 0.237 e. The quantitative estimate of drug-likeness (QED) is 0.700. The minimum absolute atomic E-state index is 0.184. The Morgan fingerprint density at radius 3 is 2.46 bits per heavy atom. The molecule has 0 radical (unpaired) electrons. The molecule has 1 aromatic heterocycles. The second-order valence-electron chi connectivity index (χ2n) is 7.51. The van der Waals surface area contributed by atoms with Crippen molar-refractivity contribution in [1.29, 1.82) is 0 Å². The molecule has 144 valence electrons. The number of carbonyl (C=O) groups is 1. The lowest BCUT2D eigenvalue weighted by Gasteiger charge is -2.36. The van der Waals surface area contributed by atoms with E-state index in [0.717, 1.165) is 55.6 Å². The fraction of sp³-hybridized carbons (Fsp3) is 0.650. The van der Waals surface area contributed by atoms with Crippen molar-refractivity contribution < 1.29 is 4.79 Å². The second-order valence-corrected chi connectivity index (χ2v) is 7.51. The van der Waals surface area contributed by atoms with Crippen LogP contribution in [-0.4, -0.2) is 71.5 Å². The zero-order valence-electron chi connectivity index (χ0n) is 17.0. The lowest BCUT2D eigenvalue weighted by Crippen LogP contribution is -2.50. The minimum atomic E-state index is 0.184. The number of likely N-dealkylation sites (N-methyl/N-ethyl adjacent to an activating group) is 1. The molecule has 1 aliphatic rings. The zero-order valence-corrected chi connectivity index (χ0v) is 17.0. The fourth-order valence-corrected chi connectivity index (χ4v) is 3.12. The van der Waals surface area contributed by atoms with E-state index < -0.39 is 0 Å². The Hall–Kier alpha value is -1.95. The summed E-state index contributed by atoms with van der Waals surface area (Å²) in [4.78, 5) is 28.2. The number of carbonyl (C=O) groups excluding carboxylic acids is 1. The van der Waals surface area contributed by atoms with E-state index in [1.165, 1.54) is 0 Å². The Labute approximate surface area is 157 Å². The van der Waals surface area contributed by atoms with Gasteiger partial charge in [-0.3, -0.25) is 9.69 Å². The normalized spacial score (nSPS) is 15.4. The maximum absolute atomic E-state index is 12.5. The Bertz CT molecular complexity index is 635. The third-order valence-corrected chi connectivity index (χ3v) is 4.62. The first kappa shape index (κ1) is 20.4. The van der Waals surface area contributed by atoms with Crippen LogP contribution in [-0.2, 0) is 4.79 Å². The van der Waals surface area contributed by atoms with E-state index in [0.29, 0.717) is 19.0 Å². The van der Waals surface area contributed by atoms with Gasteiger partial charge in [0.05, 0.1) is 6.54 Å². The SMILES string of the molecule is C=C(C)CN(CC)C(=O)CN1CCN(c2cc(C)nc(C(C)C)n2)CC1. The van der Waals surface area contributed by atoms with Gasteiger partial charge >= 0.3 is 0 Å². The number of hydrogen-bond acceptors (Lipinski definition) is 5. The predicted molar refractivity (Wildman–Crippen MR) is 107 cm³/mol. The van der Waals surface area contributed by atoms with E-state index in [4.69, 9.17) is 4.98 Å². The lowest BCUT2D eigenvalue weighted by molar-refractivity contribution is -0.131. The fourth-order valence-electron chi connectivity index (χ4n) is 3.12. The summed E-state index contributed by atoms with van der Waals surface area (Å²) in [6.07, 6.45) is 0. The second kappa shape index (κ2) is 9.12. The molecule has 1 amide bonds. The van der Waals surface area contributed by atoms with Gasteiger partial charge in [0.1, 0.15) is 11.6 Å². The van der Waals surface area contributed by atoms with Crippen molar-refractivity contribution in [3.05, 3.63) is 29.7 Å². The number of hydrogen-bond donors (Lipinski definition) is 0. The average molecular weight is 360 g/mol. The summed E-state index contributed by atoms with van der Waals surface area (Å²) < 4.78 is 0. The van der Waals surface area contributed by atoms with Crippen LogP contribution in [0.2, 0.25) is 0 Å². The summed E-state index contributed by atoms with van der Waals surface area (Å²) in [5.74, 6) is 2.41. The number of aryl methyl sites for hydroxylation is 1. The molecule has 1 saturated heterocycles. The van der Waals surface area contributed by atoms with E-state index in [1.807, 2.05) is 25.7 Å². The highest BCUT2D eigenvalue weighted by Crippen LogP contribution is 2.18. The van der Waals surface area contributed by atoms with Gasteiger partial charge in [-0.1, -0.05) is 26.0 Å². The van der Waals surface area contributed by atoms with Crippen molar-refractivity contribution in [2.45, 2.75) is 40.5 Å². The molecule has 26 heavy (non-hydrogen) atoms. The highest BCUT2D eigenvalue weighted by Gasteiger charge is 2.22. The lowest BCUT2D eigenvalue weighted by atomic mass is 10.2. The van der Waals surface area contributed by atoms with Crippen LogP contribution in [0.1, 0.15) is 45.1 Å². The van der Waals surface area contributed by atoms with Gasteiger partial charge in [-0.05, 0) is 20.8 Å². The highest BCUT2D eigenvalue weighted by molar-refractivity contribution is 5.78. The topological polar surface area (TPSA) is 52.6 Å². The summed E-state index contributed by atoms with van der Waals surface area (Å²) in [6, 6.07) is 2.05. The predicted octanol–water partition coefficient (Wildman–Crippen LogP) is 2.46. The molecule has 2 heterocycles. The van der Waals surface area contributed by atoms with Crippen molar-refractivity contribution in [1.82, 2.24) is 19.8 Å². The third kappa shape index (κ3) is 5.53. The minimum Gasteiger partial charge on any atom is -0.354 e. The Morgan fingerprint density at radius 1 is 1.27 bits per heavy atom. The molecule has 6 nitrogen and oxygen atoms in total. The van der Waals surface area contributed by atoms with Gasteiger partial charge < -0.3 is 9.80 Å². The summed E-state index contributed by atoms with van der Waals surface area (Å²) in [5.41, 5.74) is 2.03. The molecular formula is C20H33N5O. The van der Waals surface area contributed by atoms with Crippen molar-refractivity contribution in [3.63, 3.8) is 0 Å². The number of rotatable bonds is 7. The van der Waals surface area contributed by atoms with Gasteiger partial charge in [-0.2, -0.15) is 0 Å². The molecule has 1 aliphatic heterocycles. The van der Waals surface area contributed by atoms with E-state index in [-0.39, 0.29) is 5.91 Å². The third-order valence-electron chi connectivity index (χ3n) is 4.62. The summed E-state index contributed by atoms with van der Waals surface area (Å²) >= 11 is 0. The molecule has 0 saturated carbocycles. The van der Waals surface area contributed by atoms with E-state index in [9.17, 15) is 4.79 Å². The largest absolute Gasteiger partial charge is 0.354 e. The Kier molecular flexibility index (Phi) is 7.14. The van der Waals surface area contributed by atoms with Gasteiger partial charge in [0.15, 0.2) is 0 Å². The molecule has 0 N–H and O–H groups in total. The molecule has 1 fully saturated rings. The highest BCUT2D eigenvalue weighted by atomic mass is 16.2.